The standard InChI is InChI=1S/C22H25BrN6O4S2.CH4O/c1-14(22(2,3)30)25-20-19(23)13-24-21(27-20)26-15-5-9-17(10-6-15)34(4)29-35(32,33)18-11-7-16(28-31)8-12-18;1-2/h5-14,30H,1-4H3,(H2,24,25,26,27);2H,1H3/t14-,34?;/m1./s1. The monoisotopic (exact) mass is 612 g/mol. The van der Waals surface area contributed by atoms with Gasteiger partial charge in [0, 0.05) is 23.9 Å². The maximum absolute atomic E-state index is 12.6. The van der Waals surface area contributed by atoms with Crippen LogP contribution in [0.1, 0.15) is 20.8 Å². The van der Waals surface area contributed by atoms with E-state index in [0.29, 0.717) is 21.9 Å². The van der Waals surface area contributed by atoms with Crippen molar-refractivity contribution in [3.63, 3.8) is 0 Å². The molecule has 0 saturated carbocycles. The number of hydrogen-bond donors (Lipinski definition) is 4. The van der Waals surface area contributed by atoms with Crippen molar-refractivity contribution in [2.24, 2.45) is 8.94 Å². The molecule has 200 valence electrons. The fraction of sp³-hybridized carbons (Fsp3) is 0.304. The van der Waals surface area contributed by atoms with E-state index >= 15 is 0 Å². The Morgan fingerprint density at radius 2 is 1.68 bits per heavy atom. The fourth-order valence-electron chi connectivity index (χ4n) is 2.69. The van der Waals surface area contributed by atoms with Crippen LogP contribution in [0.3, 0.4) is 0 Å². The molecule has 0 amide bonds. The van der Waals surface area contributed by atoms with Crippen LogP contribution in [0.5, 0.6) is 0 Å². The molecule has 1 heterocycles. The van der Waals surface area contributed by atoms with Crippen LogP contribution in [0.15, 0.2) is 77.9 Å². The van der Waals surface area contributed by atoms with E-state index in [0.717, 1.165) is 12.0 Å². The van der Waals surface area contributed by atoms with Gasteiger partial charge in [0.15, 0.2) is 0 Å². The van der Waals surface area contributed by atoms with Crippen molar-refractivity contribution in [2.45, 2.75) is 42.2 Å². The molecular weight excluding hydrogens is 584 g/mol. The van der Waals surface area contributed by atoms with Gasteiger partial charge in [0.1, 0.15) is 11.5 Å². The molecule has 0 radical (unpaired) electrons. The summed E-state index contributed by atoms with van der Waals surface area (Å²) in [5.41, 5.74) is -0.0960. The summed E-state index contributed by atoms with van der Waals surface area (Å²) < 4.78 is 29.9. The summed E-state index contributed by atoms with van der Waals surface area (Å²) in [5, 5.41) is 26.2. The second-order valence-corrected chi connectivity index (χ2v) is 12.5. The van der Waals surface area contributed by atoms with Crippen LogP contribution >= 0.6 is 15.9 Å². The van der Waals surface area contributed by atoms with E-state index in [4.69, 9.17) is 5.11 Å². The molecule has 1 aromatic heterocycles. The Labute approximate surface area is 227 Å². The van der Waals surface area contributed by atoms with Gasteiger partial charge in [0.05, 0.1) is 21.0 Å². The highest BCUT2D eigenvalue weighted by atomic mass is 79.9. The van der Waals surface area contributed by atoms with Crippen molar-refractivity contribution in [1.29, 1.82) is 0 Å². The topological polar surface area (TPSA) is 166 Å². The Morgan fingerprint density at radius 3 is 2.22 bits per heavy atom. The SMILES string of the molecule is CO.C[C@@H](Nc1nc(Nc2ccc(S(C)=NS(=O)(=O)c3ccc(N=O)cc3)cc2)ncc1Br)C(C)(C)O. The molecule has 14 heteroatoms. The van der Waals surface area contributed by atoms with Gasteiger partial charge in [-0.25, -0.2) is 4.98 Å². The maximum atomic E-state index is 12.6. The molecule has 3 rings (SSSR count). The van der Waals surface area contributed by atoms with E-state index in [2.05, 4.69) is 45.5 Å². The van der Waals surface area contributed by atoms with Crippen LogP contribution in [0.2, 0.25) is 0 Å². The largest absolute Gasteiger partial charge is 0.400 e. The number of nitroso groups, excluding NO2 is 1. The minimum atomic E-state index is -3.89. The van der Waals surface area contributed by atoms with Crippen molar-refractivity contribution in [2.75, 3.05) is 24.0 Å². The third-order valence-electron chi connectivity index (χ3n) is 5.06. The Balaban J connectivity index is 0.00000235. The second kappa shape index (κ2) is 13.1. The van der Waals surface area contributed by atoms with Crippen LogP contribution in [-0.2, 0) is 20.7 Å². The first-order valence-corrected chi connectivity index (χ1v) is 14.6. The quantitative estimate of drug-likeness (QED) is 0.249. The Morgan fingerprint density at radius 1 is 1.08 bits per heavy atom. The Kier molecular flexibility index (Phi) is 10.8. The van der Waals surface area contributed by atoms with Crippen molar-refractivity contribution in [3.05, 3.63) is 64.1 Å². The second-order valence-electron chi connectivity index (χ2n) is 8.17. The summed E-state index contributed by atoms with van der Waals surface area (Å²) in [6.45, 7) is 5.27. The third kappa shape index (κ3) is 8.64. The Bertz CT molecular complexity index is 1350. The summed E-state index contributed by atoms with van der Waals surface area (Å²) in [4.78, 5) is 20.0. The van der Waals surface area contributed by atoms with Crippen molar-refractivity contribution in [3.8, 4) is 0 Å². The van der Waals surface area contributed by atoms with Crippen LogP contribution in [0.4, 0.5) is 23.1 Å². The molecular formula is C23H29BrN6O5S2. The van der Waals surface area contributed by atoms with Crippen LogP contribution in [-0.4, -0.2) is 53.6 Å². The highest BCUT2D eigenvalue weighted by Crippen LogP contribution is 2.25. The number of rotatable bonds is 9. The number of anilines is 3. The van der Waals surface area contributed by atoms with Crippen LogP contribution in [0.25, 0.3) is 0 Å². The number of aromatic nitrogens is 2. The summed E-state index contributed by atoms with van der Waals surface area (Å²) in [6.07, 6.45) is 3.31. The van der Waals surface area contributed by atoms with Gasteiger partial charge in [-0.3, -0.25) is 0 Å². The van der Waals surface area contributed by atoms with E-state index in [9.17, 15) is 18.4 Å². The van der Waals surface area contributed by atoms with Crippen LogP contribution in [0, 0.1) is 4.91 Å². The van der Waals surface area contributed by atoms with Crippen LogP contribution < -0.4 is 10.6 Å². The van der Waals surface area contributed by atoms with E-state index < -0.39 is 26.3 Å². The lowest BCUT2D eigenvalue weighted by Gasteiger charge is -2.27. The molecule has 1 unspecified atom stereocenters. The minimum absolute atomic E-state index is 0.00163. The van der Waals surface area contributed by atoms with Gasteiger partial charge in [-0.15, -0.1) is 8.68 Å². The molecule has 0 aliphatic rings. The van der Waals surface area contributed by atoms with Gasteiger partial charge >= 0.3 is 0 Å². The van der Waals surface area contributed by atoms with Crippen molar-refractivity contribution < 1.29 is 18.6 Å². The molecule has 2 atom stereocenters. The highest BCUT2D eigenvalue weighted by Gasteiger charge is 2.23. The van der Waals surface area contributed by atoms with E-state index in [1.807, 2.05) is 6.92 Å². The summed E-state index contributed by atoms with van der Waals surface area (Å²) >= 11 is 3.41. The molecule has 3 aromatic rings. The predicted octanol–water partition coefficient (Wildman–Crippen LogP) is 4.74. The number of aliphatic hydroxyl groups excluding tert-OH is 1. The molecule has 0 spiro atoms. The van der Waals surface area contributed by atoms with Gasteiger partial charge in [-0.1, -0.05) is 10.7 Å². The minimum Gasteiger partial charge on any atom is -0.400 e. The summed E-state index contributed by atoms with van der Waals surface area (Å²) in [5.74, 6) is 0.882. The number of nitrogens with zero attached hydrogens (tertiary/aromatic N) is 4. The van der Waals surface area contributed by atoms with Gasteiger partial charge in [0.25, 0.3) is 10.0 Å². The van der Waals surface area contributed by atoms with Gasteiger partial charge in [-0.05, 0) is 96.7 Å². The third-order valence-corrected chi connectivity index (χ3v) is 9.14. The first-order chi connectivity index (χ1) is 17.4. The lowest BCUT2D eigenvalue weighted by atomic mass is 10.0. The van der Waals surface area contributed by atoms with Gasteiger partial charge < -0.3 is 20.8 Å². The molecule has 11 nitrogen and oxygen atoms in total. The number of hydrogen-bond acceptors (Lipinski definition) is 10. The first-order valence-electron chi connectivity index (χ1n) is 10.8. The molecule has 0 saturated heterocycles. The molecule has 2 aromatic carbocycles. The molecule has 0 bridgehead atoms. The smallest absolute Gasteiger partial charge is 0.288 e. The van der Waals surface area contributed by atoms with E-state index in [-0.39, 0.29) is 16.6 Å². The van der Waals surface area contributed by atoms with Crippen molar-refractivity contribution >= 4 is 59.8 Å². The number of benzene rings is 2. The van der Waals surface area contributed by atoms with E-state index in [1.165, 1.54) is 24.3 Å². The highest BCUT2D eigenvalue weighted by molar-refractivity contribution is 9.10. The number of aliphatic hydroxyl groups is 2. The zero-order chi connectivity index (χ0) is 27.8. The summed E-state index contributed by atoms with van der Waals surface area (Å²) in [7, 11) is -3.83. The molecule has 0 aliphatic carbocycles. The lowest BCUT2D eigenvalue weighted by molar-refractivity contribution is 0.0647. The maximum Gasteiger partial charge on any atom is 0.288 e. The number of nitrogens with one attached hydrogen (secondary N) is 2. The fourth-order valence-corrected chi connectivity index (χ4v) is 5.87. The average molecular weight is 614 g/mol. The average Bonchev–Trinajstić information content (AvgIpc) is 2.87. The zero-order valence-electron chi connectivity index (χ0n) is 20.9. The Hall–Kier alpha value is -2.78. The van der Waals surface area contributed by atoms with Gasteiger partial charge in [-0.2, -0.15) is 13.4 Å². The van der Waals surface area contributed by atoms with Gasteiger partial charge in [0.2, 0.25) is 5.95 Å². The van der Waals surface area contributed by atoms with Crippen molar-refractivity contribution in [1.82, 2.24) is 9.97 Å². The molecule has 0 aliphatic heterocycles. The first kappa shape index (κ1) is 30.4. The normalized spacial score (nSPS) is 13.2. The molecule has 4 N–H and O–H groups in total. The van der Waals surface area contributed by atoms with E-state index in [1.54, 1.807) is 50.6 Å². The molecule has 0 fully saturated rings. The number of halogens is 1. The summed E-state index contributed by atoms with van der Waals surface area (Å²) in [6, 6.07) is 12.1. The molecule has 37 heavy (non-hydrogen) atoms. The predicted molar refractivity (Wildman–Crippen MR) is 150 cm³/mol. The lowest BCUT2D eigenvalue weighted by Crippen LogP contribution is -2.39. The zero-order valence-corrected chi connectivity index (χ0v) is 24.1. The number of sulfonamides is 1.